The van der Waals surface area contributed by atoms with Gasteiger partial charge in [0, 0.05) is 18.8 Å². The number of hydrogen-bond donors (Lipinski definition) is 2. The van der Waals surface area contributed by atoms with E-state index in [1.807, 2.05) is 27.1 Å². The van der Waals surface area contributed by atoms with Gasteiger partial charge in [0.1, 0.15) is 0 Å². The Morgan fingerprint density at radius 2 is 2.10 bits per heavy atom. The Labute approximate surface area is 133 Å². The number of anilines is 1. The van der Waals surface area contributed by atoms with Gasteiger partial charge in [-0.3, -0.25) is 9.48 Å². The molecule has 0 aliphatic carbocycles. The Bertz CT molecular complexity index is 697. The maximum atomic E-state index is 12.3. The smallest absolute Gasteiger partial charge is 0.253 e. The Morgan fingerprint density at radius 3 is 2.67 bits per heavy atom. The first kappa shape index (κ1) is 15.7. The molecule has 0 fully saturated rings. The van der Waals surface area contributed by atoms with Gasteiger partial charge in [-0.2, -0.15) is 5.10 Å². The predicted octanol–water partition coefficient (Wildman–Crippen LogP) is 3.11. The Kier molecular flexibility index (Phi) is 4.44. The third-order valence-corrected chi connectivity index (χ3v) is 3.97. The molecule has 1 aromatic heterocycles. The number of carbonyl (C=O) groups is 1. The van der Waals surface area contributed by atoms with Crippen molar-refractivity contribution in [3.63, 3.8) is 0 Å². The lowest BCUT2D eigenvalue weighted by molar-refractivity contribution is 0.0940. The van der Waals surface area contributed by atoms with E-state index in [-0.39, 0.29) is 22.7 Å². The number of nitrogens with two attached hydrogens (primary N) is 1. The van der Waals surface area contributed by atoms with Crippen molar-refractivity contribution in [2.75, 3.05) is 5.73 Å². The SMILES string of the molecule is Cc1nn(C)cc1[C@@H](C)NC(=O)c1ccc(Cl)c(N)c1Cl. The monoisotopic (exact) mass is 326 g/mol. The normalized spacial score (nSPS) is 12.2. The van der Waals surface area contributed by atoms with Gasteiger partial charge >= 0.3 is 0 Å². The van der Waals surface area contributed by atoms with Gasteiger partial charge in [-0.05, 0) is 26.0 Å². The fraction of sp³-hybridized carbons (Fsp3) is 0.286. The number of nitrogen functional groups attached to an aromatic ring is 1. The molecule has 3 N–H and O–H groups in total. The summed E-state index contributed by atoms with van der Waals surface area (Å²) in [7, 11) is 1.84. The van der Waals surface area contributed by atoms with Crippen LogP contribution in [0.1, 0.15) is 34.6 Å². The van der Waals surface area contributed by atoms with E-state index in [1.165, 1.54) is 0 Å². The lowest BCUT2D eigenvalue weighted by atomic mass is 10.1. The molecule has 0 aliphatic rings. The second-order valence-electron chi connectivity index (χ2n) is 4.86. The van der Waals surface area contributed by atoms with Gasteiger partial charge in [0.15, 0.2) is 0 Å². The zero-order valence-electron chi connectivity index (χ0n) is 11.9. The fourth-order valence-electron chi connectivity index (χ4n) is 2.14. The number of amides is 1. The van der Waals surface area contributed by atoms with Crippen LogP contribution < -0.4 is 11.1 Å². The van der Waals surface area contributed by atoms with Gasteiger partial charge in [0.2, 0.25) is 0 Å². The zero-order valence-corrected chi connectivity index (χ0v) is 13.5. The number of nitrogens with zero attached hydrogens (tertiary/aromatic N) is 2. The van der Waals surface area contributed by atoms with Gasteiger partial charge in [-0.25, -0.2) is 0 Å². The zero-order chi connectivity index (χ0) is 15.7. The highest BCUT2D eigenvalue weighted by atomic mass is 35.5. The maximum Gasteiger partial charge on any atom is 0.253 e. The number of aromatic nitrogens is 2. The molecule has 1 aromatic carbocycles. The maximum absolute atomic E-state index is 12.3. The van der Waals surface area contributed by atoms with E-state index in [4.69, 9.17) is 28.9 Å². The fourth-order valence-corrected chi connectivity index (χ4v) is 2.60. The molecule has 21 heavy (non-hydrogen) atoms. The number of benzene rings is 1. The minimum absolute atomic E-state index is 0.162. The van der Waals surface area contributed by atoms with E-state index in [9.17, 15) is 4.79 Å². The first-order valence-corrected chi connectivity index (χ1v) is 7.11. The lowest BCUT2D eigenvalue weighted by Gasteiger charge is -2.15. The summed E-state index contributed by atoms with van der Waals surface area (Å²) in [5.41, 5.74) is 8.05. The van der Waals surface area contributed by atoms with Gasteiger partial charge in [-0.15, -0.1) is 0 Å². The van der Waals surface area contributed by atoms with Gasteiger partial charge < -0.3 is 11.1 Å². The minimum atomic E-state index is -0.306. The van der Waals surface area contributed by atoms with Crippen molar-refractivity contribution in [3.8, 4) is 0 Å². The van der Waals surface area contributed by atoms with Crippen molar-refractivity contribution < 1.29 is 4.79 Å². The lowest BCUT2D eigenvalue weighted by Crippen LogP contribution is -2.27. The van der Waals surface area contributed by atoms with Crippen LogP contribution in [0.4, 0.5) is 5.69 Å². The van der Waals surface area contributed by atoms with Crippen LogP contribution in [0, 0.1) is 6.92 Å². The van der Waals surface area contributed by atoms with Crippen LogP contribution in [0.15, 0.2) is 18.3 Å². The molecule has 0 aliphatic heterocycles. The quantitative estimate of drug-likeness (QED) is 0.851. The summed E-state index contributed by atoms with van der Waals surface area (Å²) in [6.45, 7) is 3.78. The summed E-state index contributed by atoms with van der Waals surface area (Å²) in [4.78, 5) is 12.3. The standard InChI is InChI=1S/C14H16Cl2N4O/c1-7(10-6-20(3)19-8(10)2)18-14(21)9-4-5-11(15)13(17)12(9)16/h4-7H,17H2,1-3H3,(H,18,21)/t7-/m1/s1. The molecule has 112 valence electrons. The van der Waals surface area contributed by atoms with Crippen LogP contribution in [-0.2, 0) is 7.05 Å². The molecule has 0 spiro atoms. The van der Waals surface area contributed by atoms with Crippen molar-refractivity contribution >= 4 is 34.8 Å². The number of rotatable bonds is 3. The van der Waals surface area contributed by atoms with Crippen LogP contribution >= 0.6 is 23.2 Å². The third kappa shape index (κ3) is 3.14. The van der Waals surface area contributed by atoms with E-state index in [1.54, 1.807) is 16.8 Å². The largest absolute Gasteiger partial charge is 0.396 e. The highest BCUT2D eigenvalue weighted by Crippen LogP contribution is 2.30. The summed E-state index contributed by atoms with van der Waals surface area (Å²) in [5.74, 6) is -0.306. The van der Waals surface area contributed by atoms with Crippen molar-refractivity contribution in [1.82, 2.24) is 15.1 Å². The molecule has 0 unspecified atom stereocenters. The Morgan fingerprint density at radius 1 is 1.43 bits per heavy atom. The van der Waals surface area contributed by atoms with E-state index in [2.05, 4.69) is 10.4 Å². The molecular formula is C14H16Cl2N4O. The van der Waals surface area contributed by atoms with E-state index in [0.29, 0.717) is 10.6 Å². The average Bonchev–Trinajstić information content (AvgIpc) is 2.75. The Hall–Kier alpha value is -1.72. The van der Waals surface area contributed by atoms with Crippen molar-refractivity contribution in [3.05, 3.63) is 45.2 Å². The minimum Gasteiger partial charge on any atom is -0.396 e. The van der Waals surface area contributed by atoms with Gasteiger partial charge in [0.25, 0.3) is 5.91 Å². The van der Waals surface area contributed by atoms with Crippen molar-refractivity contribution in [2.45, 2.75) is 19.9 Å². The first-order chi connectivity index (χ1) is 9.81. The van der Waals surface area contributed by atoms with Crippen molar-refractivity contribution in [2.24, 2.45) is 7.05 Å². The van der Waals surface area contributed by atoms with E-state index < -0.39 is 0 Å². The molecule has 0 saturated heterocycles. The summed E-state index contributed by atoms with van der Waals surface area (Å²) in [6.07, 6.45) is 1.87. The second-order valence-corrected chi connectivity index (χ2v) is 5.65. The Balaban J connectivity index is 2.22. The van der Waals surface area contributed by atoms with Crippen LogP contribution in [0.3, 0.4) is 0 Å². The van der Waals surface area contributed by atoms with Gasteiger partial charge in [-0.1, -0.05) is 23.2 Å². The van der Waals surface area contributed by atoms with E-state index in [0.717, 1.165) is 11.3 Å². The molecule has 1 atom stereocenters. The molecule has 1 amide bonds. The highest BCUT2D eigenvalue weighted by Gasteiger charge is 2.19. The number of aryl methyl sites for hydroxylation is 2. The predicted molar refractivity (Wildman–Crippen MR) is 84.7 cm³/mol. The number of hydrogen-bond acceptors (Lipinski definition) is 3. The van der Waals surface area contributed by atoms with Crippen molar-refractivity contribution in [1.29, 1.82) is 0 Å². The molecule has 0 bridgehead atoms. The van der Waals surface area contributed by atoms with Crippen LogP contribution in [0.5, 0.6) is 0 Å². The topological polar surface area (TPSA) is 72.9 Å². The molecule has 5 nitrogen and oxygen atoms in total. The highest BCUT2D eigenvalue weighted by molar-refractivity contribution is 6.40. The molecule has 1 heterocycles. The summed E-state index contributed by atoms with van der Waals surface area (Å²) >= 11 is 11.9. The molecule has 0 saturated carbocycles. The number of carbonyl (C=O) groups excluding carboxylic acids is 1. The number of nitrogens with one attached hydrogen (secondary N) is 1. The molecule has 2 rings (SSSR count). The molecule has 0 radical (unpaired) electrons. The second kappa shape index (κ2) is 5.95. The molecule has 7 heteroatoms. The molecular weight excluding hydrogens is 311 g/mol. The molecule has 2 aromatic rings. The number of halogens is 2. The summed E-state index contributed by atoms with van der Waals surface area (Å²) in [6, 6.07) is 2.91. The first-order valence-electron chi connectivity index (χ1n) is 6.35. The third-order valence-electron chi connectivity index (χ3n) is 3.24. The summed E-state index contributed by atoms with van der Waals surface area (Å²) in [5, 5.41) is 7.62. The van der Waals surface area contributed by atoms with Crippen LogP contribution in [-0.4, -0.2) is 15.7 Å². The van der Waals surface area contributed by atoms with Gasteiger partial charge in [0.05, 0.1) is 33.0 Å². The van der Waals surface area contributed by atoms with E-state index >= 15 is 0 Å². The van der Waals surface area contributed by atoms with Crippen LogP contribution in [0.25, 0.3) is 0 Å². The van der Waals surface area contributed by atoms with Crippen LogP contribution in [0.2, 0.25) is 10.0 Å². The summed E-state index contributed by atoms with van der Waals surface area (Å²) < 4.78 is 1.71. The average molecular weight is 327 g/mol.